The van der Waals surface area contributed by atoms with Crippen molar-refractivity contribution in [1.82, 2.24) is 9.55 Å². The summed E-state index contributed by atoms with van der Waals surface area (Å²) in [5, 5.41) is 4.23. The molecule has 3 rings (SSSR count). The van der Waals surface area contributed by atoms with E-state index in [0.717, 1.165) is 46.5 Å². The van der Waals surface area contributed by atoms with Gasteiger partial charge in [0.1, 0.15) is 5.82 Å². The van der Waals surface area contributed by atoms with E-state index in [4.69, 9.17) is 27.8 Å². The van der Waals surface area contributed by atoms with Gasteiger partial charge in [-0.2, -0.15) is 0 Å². The van der Waals surface area contributed by atoms with Crippen molar-refractivity contribution in [3.63, 3.8) is 0 Å². The Labute approximate surface area is 150 Å². The van der Waals surface area contributed by atoms with Crippen molar-refractivity contribution in [2.24, 2.45) is 10.8 Å². The standard InChI is InChI=1S/C18H19ClN6/c1-2-18-23-16-9-13(11-20)15(19)10-17(16)25(18)14-5-3-12(4-6-14)7-8-22-24-21/h3-6,9-10H,2,7-8,11,20H2,1H3. The predicted molar refractivity (Wildman–Crippen MR) is 101 cm³/mol. The van der Waals surface area contributed by atoms with Crippen molar-refractivity contribution in [2.75, 3.05) is 6.54 Å². The minimum Gasteiger partial charge on any atom is -0.326 e. The molecule has 25 heavy (non-hydrogen) atoms. The Bertz CT molecular complexity index is 938. The number of rotatable bonds is 6. The van der Waals surface area contributed by atoms with Crippen LogP contribution in [0, 0.1) is 0 Å². The summed E-state index contributed by atoms with van der Waals surface area (Å²) >= 11 is 6.35. The topological polar surface area (TPSA) is 92.6 Å². The molecule has 2 aromatic carbocycles. The number of nitrogens with zero attached hydrogens (tertiary/aromatic N) is 5. The number of nitrogens with two attached hydrogens (primary N) is 1. The molecule has 1 heterocycles. The highest BCUT2D eigenvalue weighted by atomic mass is 35.5. The van der Waals surface area contributed by atoms with Crippen LogP contribution in [0.5, 0.6) is 0 Å². The minimum absolute atomic E-state index is 0.392. The number of aromatic nitrogens is 2. The van der Waals surface area contributed by atoms with Crippen LogP contribution >= 0.6 is 11.6 Å². The first kappa shape index (κ1) is 17.3. The molecule has 0 saturated carbocycles. The summed E-state index contributed by atoms with van der Waals surface area (Å²) in [5.74, 6) is 0.974. The molecule has 0 amide bonds. The SMILES string of the molecule is CCc1nc2cc(CN)c(Cl)cc2n1-c1ccc(CCN=[N+]=[N-])cc1. The van der Waals surface area contributed by atoms with Crippen LogP contribution in [0.3, 0.4) is 0 Å². The van der Waals surface area contributed by atoms with E-state index in [1.54, 1.807) is 0 Å². The zero-order chi connectivity index (χ0) is 17.8. The fourth-order valence-corrected chi connectivity index (χ4v) is 3.14. The molecule has 0 aliphatic carbocycles. The Morgan fingerprint density at radius 2 is 2.04 bits per heavy atom. The molecular weight excluding hydrogens is 336 g/mol. The first-order valence-electron chi connectivity index (χ1n) is 8.18. The lowest BCUT2D eigenvalue weighted by Crippen LogP contribution is -2.01. The second-order valence-electron chi connectivity index (χ2n) is 5.72. The van der Waals surface area contributed by atoms with Gasteiger partial charge in [-0.1, -0.05) is 35.8 Å². The van der Waals surface area contributed by atoms with Gasteiger partial charge >= 0.3 is 0 Å². The minimum atomic E-state index is 0.392. The van der Waals surface area contributed by atoms with Gasteiger partial charge in [0, 0.05) is 35.1 Å². The van der Waals surface area contributed by atoms with E-state index in [9.17, 15) is 0 Å². The maximum Gasteiger partial charge on any atom is 0.114 e. The molecule has 0 unspecified atom stereocenters. The monoisotopic (exact) mass is 354 g/mol. The van der Waals surface area contributed by atoms with Crippen LogP contribution in [0.1, 0.15) is 23.9 Å². The Balaban J connectivity index is 2.04. The molecule has 0 saturated heterocycles. The number of halogens is 1. The molecule has 2 N–H and O–H groups in total. The van der Waals surface area contributed by atoms with E-state index in [1.807, 2.05) is 24.3 Å². The fraction of sp³-hybridized carbons (Fsp3) is 0.278. The molecule has 0 aliphatic rings. The molecule has 128 valence electrons. The Hall–Kier alpha value is -2.53. The van der Waals surface area contributed by atoms with Crippen molar-refractivity contribution in [3.05, 3.63) is 68.8 Å². The van der Waals surface area contributed by atoms with E-state index in [2.05, 4.69) is 33.6 Å². The van der Waals surface area contributed by atoms with Crippen molar-refractivity contribution in [3.8, 4) is 5.69 Å². The molecular formula is C18H19ClN6. The zero-order valence-corrected chi connectivity index (χ0v) is 14.7. The Morgan fingerprint density at radius 3 is 2.68 bits per heavy atom. The first-order chi connectivity index (χ1) is 12.2. The van der Waals surface area contributed by atoms with Crippen molar-refractivity contribution in [1.29, 1.82) is 0 Å². The average molecular weight is 355 g/mol. The fourth-order valence-electron chi connectivity index (χ4n) is 2.91. The van der Waals surface area contributed by atoms with Crippen molar-refractivity contribution >= 4 is 22.6 Å². The van der Waals surface area contributed by atoms with Gasteiger partial charge in [-0.15, -0.1) is 0 Å². The van der Waals surface area contributed by atoms with E-state index in [-0.39, 0.29) is 0 Å². The van der Waals surface area contributed by atoms with E-state index < -0.39 is 0 Å². The molecule has 0 fully saturated rings. The number of imidazole rings is 1. The third kappa shape index (κ3) is 3.46. The number of aryl methyl sites for hydroxylation is 1. The van der Waals surface area contributed by atoms with E-state index in [1.165, 1.54) is 0 Å². The van der Waals surface area contributed by atoms with Gasteiger partial charge in [0.15, 0.2) is 0 Å². The molecule has 6 nitrogen and oxygen atoms in total. The lowest BCUT2D eigenvalue weighted by molar-refractivity contribution is 0.905. The highest BCUT2D eigenvalue weighted by molar-refractivity contribution is 6.32. The lowest BCUT2D eigenvalue weighted by atomic mass is 10.1. The number of hydrogen-bond acceptors (Lipinski definition) is 3. The number of hydrogen-bond donors (Lipinski definition) is 1. The van der Waals surface area contributed by atoms with Crippen LogP contribution in [0.4, 0.5) is 0 Å². The molecule has 0 atom stereocenters. The second kappa shape index (κ2) is 7.57. The lowest BCUT2D eigenvalue weighted by Gasteiger charge is -2.10. The largest absolute Gasteiger partial charge is 0.326 e. The van der Waals surface area contributed by atoms with E-state index >= 15 is 0 Å². The van der Waals surface area contributed by atoms with Crippen LogP contribution in [0.2, 0.25) is 5.02 Å². The summed E-state index contributed by atoms with van der Waals surface area (Å²) in [5.41, 5.74) is 19.0. The smallest absolute Gasteiger partial charge is 0.114 e. The van der Waals surface area contributed by atoms with Crippen LogP contribution < -0.4 is 5.73 Å². The maximum absolute atomic E-state index is 8.36. The molecule has 0 bridgehead atoms. The quantitative estimate of drug-likeness (QED) is 0.399. The molecule has 0 radical (unpaired) electrons. The van der Waals surface area contributed by atoms with Gasteiger partial charge in [-0.05, 0) is 47.3 Å². The number of benzene rings is 2. The molecule has 0 aliphatic heterocycles. The van der Waals surface area contributed by atoms with Crippen LogP contribution in [-0.4, -0.2) is 16.1 Å². The molecule has 3 aromatic rings. The van der Waals surface area contributed by atoms with Gasteiger partial charge in [-0.3, -0.25) is 4.57 Å². The second-order valence-corrected chi connectivity index (χ2v) is 6.13. The van der Waals surface area contributed by atoms with Crippen LogP contribution in [0.25, 0.3) is 27.2 Å². The summed E-state index contributed by atoms with van der Waals surface area (Å²) in [6.45, 7) is 2.93. The predicted octanol–water partition coefficient (Wildman–Crippen LogP) is 4.55. The maximum atomic E-state index is 8.36. The number of fused-ring (bicyclic) bond motifs is 1. The van der Waals surface area contributed by atoms with Crippen molar-refractivity contribution in [2.45, 2.75) is 26.3 Å². The summed E-state index contributed by atoms with van der Waals surface area (Å²) in [6, 6.07) is 12.1. The zero-order valence-electron chi connectivity index (χ0n) is 14.0. The van der Waals surface area contributed by atoms with Crippen molar-refractivity contribution < 1.29 is 0 Å². The van der Waals surface area contributed by atoms with Gasteiger partial charge < -0.3 is 5.73 Å². The van der Waals surface area contributed by atoms with E-state index in [0.29, 0.717) is 18.1 Å². The normalized spacial score (nSPS) is 10.8. The summed E-state index contributed by atoms with van der Waals surface area (Å²) in [6.07, 6.45) is 1.53. The van der Waals surface area contributed by atoms with Gasteiger partial charge in [0.05, 0.1) is 11.0 Å². The first-order valence-corrected chi connectivity index (χ1v) is 8.55. The highest BCUT2D eigenvalue weighted by Crippen LogP contribution is 2.28. The van der Waals surface area contributed by atoms with Crippen LogP contribution in [0.15, 0.2) is 41.5 Å². The number of azide groups is 1. The molecule has 7 heteroatoms. The highest BCUT2D eigenvalue weighted by Gasteiger charge is 2.13. The van der Waals surface area contributed by atoms with Gasteiger partial charge in [0.25, 0.3) is 0 Å². The molecule has 0 spiro atoms. The van der Waals surface area contributed by atoms with Crippen LogP contribution in [-0.2, 0) is 19.4 Å². The molecule has 1 aromatic heterocycles. The van der Waals surface area contributed by atoms with Gasteiger partial charge in [0.2, 0.25) is 0 Å². The third-order valence-corrected chi connectivity index (χ3v) is 4.54. The average Bonchev–Trinajstić information content (AvgIpc) is 2.99. The Morgan fingerprint density at radius 1 is 1.28 bits per heavy atom. The summed E-state index contributed by atoms with van der Waals surface area (Å²) in [7, 11) is 0. The summed E-state index contributed by atoms with van der Waals surface area (Å²) in [4.78, 5) is 7.51. The van der Waals surface area contributed by atoms with Gasteiger partial charge in [-0.25, -0.2) is 4.98 Å². The Kier molecular flexibility index (Phi) is 5.24. The summed E-state index contributed by atoms with van der Waals surface area (Å²) < 4.78 is 2.12. The third-order valence-electron chi connectivity index (χ3n) is 4.19.